The van der Waals surface area contributed by atoms with Gasteiger partial charge in [-0.1, -0.05) is 38.3 Å². The summed E-state index contributed by atoms with van der Waals surface area (Å²) in [5.41, 5.74) is 0. The van der Waals surface area contributed by atoms with Crippen molar-refractivity contribution in [1.82, 2.24) is 5.32 Å². The summed E-state index contributed by atoms with van der Waals surface area (Å²) in [5.74, 6) is 1.74. The number of rotatable bonds is 4. The number of nitrogens with one attached hydrogen (secondary N) is 1. The summed E-state index contributed by atoms with van der Waals surface area (Å²) < 4.78 is 6.29. The van der Waals surface area contributed by atoms with E-state index in [2.05, 4.69) is 35.1 Å². The molecule has 0 aliphatic heterocycles. The number of hydrogen-bond donors (Lipinski definition) is 1. The molecule has 0 aromatic heterocycles. The van der Waals surface area contributed by atoms with Crippen molar-refractivity contribution < 1.29 is 9.53 Å². The average molecular weight is 375 g/mol. The first-order chi connectivity index (χ1) is 9.97. The second-order valence-corrected chi connectivity index (χ2v) is 7.10. The van der Waals surface area contributed by atoms with Gasteiger partial charge >= 0.3 is 0 Å². The summed E-state index contributed by atoms with van der Waals surface area (Å²) in [4.78, 5) is 12.0. The molecule has 1 aromatic carbocycles. The van der Waals surface area contributed by atoms with Crippen molar-refractivity contribution in [1.29, 1.82) is 0 Å². The van der Waals surface area contributed by atoms with Crippen molar-refractivity contribution in [3.8, 4) is 5.75 Å². The Morgan fingerprint density at radius 2 is 2.19 bits per heavy atom. The quantitative estimate of drug-likeness (QED) is 0.847. The van der Waals surface area contributed by atoms with Gasteiger partial charge in [0.1, 0.15) is 5.75 Å². The van der Waals surface area contributed by atoms with Crippen molar-refractivity contribution in [2.45, 2.75) is 39.2 Å². The predicted molar refractivity (Wildman–Crippen MR) is 88.8 cm³/mol. The molecule has 0 bridgehead atoms. The molecule has 0 unspecified atom stereocenters. The molecule has 5 heteroatoms. The van der Waals surface area contributed by atoms with Crippen molar-refractivity contribution in [3.05, 3.63) is 27.7 Å². The molecule has 0 saturated heterocycles. The molecule has 3 nitrogen and oxygen atoms in total. The zero-order valence-corrected chi connectivity index (χ0v) is 14.7. The minimum absolute atomic E-state index is 0.0256. The average Bonchev–Trinajstić information content (AvgIpc) is 2.43. The molecule has 1 fully saturated rings. The zero-order chi connectivity index (χ0) is 15.4. The Morgan fingerprint density at radius 1 is 1.43 bits per heavy atom. The first kappa shape index (κ1) is 16.6. The zero-order valence-electron chi connectivity index (χ0n) is 12.4. The van der Waals surface area contributed by atoms with Crippen LogP contribution in [0.15, 0.2) is 22.7 Å². The number of carbonyl (C=O) groups is 1. The van der Waals surface area contributed by atoms with Crippen LogP contribution in [0.2, 0.25) is 5.02 Å². The molecule has 1 saturated carbocycles. The van der Waals surface area contributed by atoms with E-state index in [1.54, 1.807) is 18.2 Å². The van der Waals surface area contributed by atoms with E-state index in [0.29, 0.717) is 22.6 Å². The van der Waals surface area contributed by atoms with E-state index < -0.39 is 0 Å². The molecule has 1 aliphatic rings. The van der Waals surface area contributed by atoms with E-state index in [-0.39, 0.29) is 18.6 Å². The maximum absolute atomic E-state index is 12.0. The van der Waals surface area contributed by atoms with Gasteiger partial charge in [-0.15, -0.1) is 0 Å². The Balaban J connectivity index is 1.84. The van der Waals surface area contributed by atoms with Crippen molar-refractivity contribution >= 4 is 33.4 Å². The van der Waals surface area contributed by atoms with Crippen LogP contribution in [0.1, 0.15) is 33.1 Å². The summed E-state index contributed by atoms with van der Waals surface area (Å²) in [7, 11) is 0. The lowest BCUT2D eigenvalue weighted by atomic mass is 9.78. The summed E-state index contributed by atoms with van der Waals surface area (Å²) >= 11 is 9.25. The lowest BCUT2D eigenvalue weighted by Gasteiger charge is -2.34. The van der Waals surface area contributed by atoms with Crippen LogP contribution in [-0.4, -0.2) is 18.6 Å². The Morgan fingerprint density at radius 3 is 2.90 bits per heavy atom. The third-order valence-electron chi connectivity index (χ3n) is 4.31. The highest BCUT2D eigenvalue weighted by Gasteiger charge is 2.28. The standard InChI is InChI=1S/C16H21BrClNO2/c1-10-4-3-5-14(11(10)2)19-16(20)9-21-15-7-6-12(18)8-13(15)17/h6-8,10-11,14H,3-5,9H2,1-2H3,(H,19,20)/t10-,11-,14+/m1/s1. The second-order valence-electron chi connectivity index (χ2n) is 5.80. The molecule has 0 radical (unpaired) electrons. The number of amides is 1. The fourth-order valence-corrected chi connectivity index (χ4v) is 3.57. The van der Waals surface area contributed by atoms with Crippen molar-refractivity contribution in [2.24, 2.45) is 11.8 Å². The summed E-state index contributed by atoms with van der Waals surface area (Å²) in [6.07, 6.45) is 3.49. The Labute approximate surface area is 139 Å². The van der Waals surface area contributed by atoms with Crippen LogP contribution >= 0.6 is 27.5 Å². The number of ether oxygens (including phenoxy) is 1. The molecule has 21 heavy (non-hydrogen) atoms. The smallest absolute Gasteiger partial charge is 0.258 e. The minimum atomic E-state index is -0.0669. The molecular weight excluding hydrogens is 354 g/mol. The molecule has 1 aromatic rings. The highest BCUT2D eigenvalue weighted by Crippen LogP contribution is 2.30. The van der Waals surface area contributed by atoms with E-state index >= 15 is 0 Å². The van der Waals surface area contributed by atoms with Crippen molar-refractivity contribution in [3.63, 3.8) is 0 Å². The summed E-state index contributed by atoms with van der Waals surface area (Å²) in [6.45, 7) is 4.49. The van der Waals surface area contributed by atoms with E-state index in [9.17, 15) is 4.79 Å². The molecule has 1 N–H and O–H groups in total. The van der Waals surface area contributed by atoms with Crippen LogP contribution in [-0.2, 0) is 4.79 Å². The van der Waals surface area contributed by atoms with Crippen LogP contribution in [0.5, 0.6) is 5.75 Å². The van der Waals surface area contributed by atoms with E-state index in [1.165, 1.54) is 12.8 Å². The van der Waals surface area contributed by atoms with E-state index in [0.717, 1.165) is 10.9 Å². The fraction of sp³-hybridized carbons (Fsp3) is 0.562. The number of benzene rings is 1. The lowest BCUT2D eigenvalue weighted by molar-refractivity contribution is -0.124. The third kappa shape index (κ3) is 4.62. The Bertz CT molecular complexity index is 509. The van der Waals surface area contributed by atoms with Crippen molar-refractivity contribution in [2.75, 3.05) is 6.61 Å². The molecule has 3 atom stereocenters. The lowest BCUT2D eigenvalue weighted by Crippen LogP contribution is -2.45. The largest absolute Gasteiger partial charge is 0.483 e. The number of hydrogen-bond acceptors (Lipinski definition) is 2. The van der Waals surface area contributed by atoms with Gasteiger partial charge in [-0.25, -0.2) is 0 Å². The topological polar surface area (TPSA) is 38.3 Å². The third-order valence-corrected chi connectivity index (χ3v) is 5.16. The highest BCUT2D eigenvalue weighted by atomic mass is 79.9. The van der Waals surface area contributed by atoms with Crippen LogP contribution in [0.4, 0.5) is 0 Å². The molecule has 0 heterocycles. The van der Waals surface area contributed by atoms with Gasteiger partial charge in [0.05, 0.1) is 4.47 Å². The van der Waals surface area contributed by atoms with Crippen LogP contribution in [0, 0.1) is 11.8 Å². The molecule has 2 rings (SSSR count). The Hall–Kier alpha value is -0.740. The van der Waals surface area contributed by atoms with Gasteiger partial charge in [0.25, 0.3) is 5.91 Å². The first-order valence-electron chi connectivity index (χ1n) is 7.34. The van der Waals surface area contributed by atoms with E-state index in [4.69, 9.17) is 16.3 Å². The highest BCUT2D eigenvalue weighted by molar-refractivity contribution is 9.10. The molecule has 1 aliphatic carbocycles. The van der Waals surface area contributed by atoms with Gasteiger partial charge in [-0.2, -0.15) is 0 Å². The van der Waals surface area contributed by atoms with Gasteiger partial charge in [-0.05, 0) is 52.4 Å². The molecular formula is C16H21BrClNO2. The van der Waals surface area contributed by atoms with E-state index in [1.807, 2.05) is 0 Å². The van der Waals surface area contributed by atoms with Gasteiger partial charge in [0, 0.05) is 11.1 Å². The van der Waals surface area contributed by atoms with Gasteiger partial charge in [-0.3, -0.25) is 4.79 Å². The van der Waals surface area contributed by atoms with Gasteiger partial charge in [0.2, 0.25) is 0 Å². The molecule has 116 valence electrons. The van der Waals surface area contributed by atoms with Crippen LogP contribution in [0.3, 0.4) is 0 Å². The number of halogens is 2. The fourth-order valence-electron chi connectivity index (χ4n) is 2.77. The predicted octanol–water partition coefficient (Wildman–Crippen LogP) is 4.42. The maximum Gasteiger partial charge on any atom is 0.258 e. The summed E-state index contributed by atoms with van der Waals surface area (Å²) in [5, 5.41) is 3.72. The van der Waals surface area contributed by atoms with Gasteiger partial charge < -0.3 is 10.1 Å². The normalized spacial score (nSPS) is 25.4. The molecule has 0 spiro atoms. The molecule has 1 amide bonds. The summed E-state index contributed by atoms with van der Waals surface area (Å²) in [6, 6.07) is 5.51. The number of carbonyl (C=O) groups excluding carboxylic acids is 1. The van der Waals surface area contributed by atoms with Crippen LogP contribution < -0.4 is 10.1 Å². The maximum atomic E-state index is 12.0. The monoisotopic (exact) mass is 373 g/mol. The second kappa shape index (κ2) is 7.50. The van der Waals surface area contributed by atoms with Crippen LogP contribution in [0.25, 0.3) is 0 Å². The SMILES string of the molecule is C[C@@H]1[C@H](C)CCC[C@@H]1NC(=O)COc1ccc(Cl)cc1Br. The Kier molecular flexibility index (Phi) is 5.94. The van der Waals surface area contributed by atoms with Gasteiger partial charge in [0.15, 0.2) is 6.61 Å². The minimum Gasteiger partial charge on any atom is -0.483 e. The first-order valence-corrected chi connectivity index (χ1v) is 8.51.